The Kier molecular flexibility index (Phi) is 7.33. The molecule has 1 saturated heterocycles. The molecule has 148 valence electrons. The van der Waals surface area contributed by atoms with Crippen molar-refractivity contribution >= 4 is 35.1 Å². The standard InChI is InChI=1S/C21H26N4O2S/c1-15(23-20(26)13-19-14-28-12-11-22-19)16-7-9-18(10-8-16)25-21(27)24-17-5-3-2-4-6-17/h2-10,15,19,22H,11-14H2,1H3,(H,23,26)(H2,24,25,27). The molecular formula is C21H26N4O2S. The molecular weight excluding hydrogens is 372 g/mol. The number of benzene rings is 2. The fourth-order valence-electron chi connectivity index (χ4n) is 3.03. The Morgan fingerprint density at radius 1 is 1.07 bits per heavy atom. The van der Waals surface area contributed by atoms with Gasteiger partial charge in [-0.2, -0.15) is 11.8 Å². The number of carbonyl (C=O) groups is 2. The third-order valence-electron chi connectivity index (χ3n) is 4.51. The summed E-state index contributed by atoms with van der Waals surface area (Å²) in [5.41, 5.74) is 2.42. The first-order chi connectivity index (χ1) is 13.6. The van der Waals surface area contributed by atoms with E-state index in [1.165, 1.54) is 0 Å². The molecule has 2 aromatic carbocycles. The van der Waals surface area contributed by atoms with E-state index in [-0.39, 0.29) is 24.0 Å². The number of para-hydroxylation sites is 1. The molecule has 0 radical (unpaired) electrons. The molecule has 0 aliphatic carbocycles. The number of urea groups is 1. The number of carbonyl (C=O) groups excluding carboxylic acids is 2. The molecule has 4 N–H and O–H groups in total. The maximum absolute atomic E-state index is 12.3. The van der Waals surface area contributed by atoms with Gasteiger partial charge in [0.15, 0.2) is 0 Å². The highest BCUT2D eigenvalue weighted by Crippen LogP contribution is 2.17. The molecule has 2 aromatic rings. The lowest BCUT2D eigenvalue weighted by Gasteiger charge is -2.23. The molecule has 3 rings (SSSR count). The average Bonchev–Trinajstić information content (AvgIpc) is 2.70. The maximum atomic E-state index is 12.3. The summed E-state index contributed by atoms with van der Waals surface area (Å²) in [6, 6.07) is 16.6. The van der Waals surface area contributed by atoms with Gasteiger partial charge < -0.3 is 21.3 Å². The van der Waals surface area contributed by atoms with Crippen LogP contribution in [0.1, 0.15) is 24.9 Å². The molecule has 7 heteroatoms. The normalized spacial score (nSPS) is 17.4. The van der Waals surface area contributed by atoms with Crippen LogP contribution in [0.25, 0.3) is 0 Å². The van der Waals surface area contributed by atoms with Crippen LogP contribution in [-0.4, -0.2) is 36.0 Å². The van der Waals surface area contributed by atoms with Gasteiger partial charge in [0.1, 0.15) is 0 Å². The lowest BCUT2D eigenvalue weighted by Crippen LogP contribution is -2.41. The summed E-state index contributed by atoms with van der Waals surface area (Å²) < 4.78 is 0. The molecule has 3 amide bonds. The smallest absolute Gasteiger partial charge is 0.323 e. The van der Waals surface area contributed by atoms with Crippen LogP contribution in [0.2, 0.25) is 0 Å². The van der Waals surface area contributed by atoms with Gasteiger partial charge in [0, 0.05) is 41.9 Å². The highest BCUT2D eigenvalue weighted by atomic mass is 32.2. The van der Waals surface area contributed by atoms with Crippen molar-refractivity contribution in [1.29, 1.82) is 0 Å². The second-order valence-corrected chi connectivity index (χ2v) is 7.94. The summed E-state index contributed by atoms with van der Waals surface area (Å²) in [5.74, 6) is 2.14. The Balaban J connectivity index is 1.47. The Morgan fingerprint density at radius 3 is 2.39 bits per heavy atom. The molecule has 2 unspecified atom stereocenters. The van der Waals surface area contributed by atoms with E-state index in [0.29, 0.717) is 12.1 Å². The second-order valence-electron chi connectivity index (χ2n) is 6.79. The molecule has 0 saturated carbocycles. The van der Waals surface area contributed by atoms with Crippen LogP contribution in [0.4, 0.5) is 16.2 Å². The zero-order chi connectivity index (χ0) is 19.8. The van der Waals surface area contributed by atoms with Crippen molar-refractivity contribution in [3.8, 4) is 0 Å². The van der Waals surface area contributed by atoms with Gasteiger partial charge in [-0.3, -0.25) is 4.79 Å². The Morgan fingerprint density at radius 2 is 1.75 bits per heavy atom. The molecule has 1 fully saturated rings. The topological polar surface area (TPSA) is 82.3 Å². The third kappa shape index (κ3) is 6.28. The predicted octanol–water partition coefficient (Wildman–Crippen LogP) is 3.60. The van der Waals surface area contributed by atoms with Crippen LogP contribution in [0.15, 0.2) is 54.6 Å². The molecule has 0 spiro atoms. The zero-order valence-electron chi connectivity index (χ0n) is 15.9. The number of hydrogen-bond donors (Lipinski definition) is 4. The number of amides is 3. The molecule has 0 aromatic heterocycles. The van der Waals surface area contributed by atoms with E-state index in [2.05, 4.69) is 21.3 Å². The van der Waals surface area contributed by atoms with Crippen molar-refractivity contribution < 1.29 is 9.59 Å². The van der Waals surface area contributed by atoms with Gasteiger partial charge in [0.05, 0.1) is 6.04 Å². The lowest BCUT2D eigenvalue weighted by atomic mass is 10.1. The monoisotopic (exact) mass is 398 g/mol. The molecule has 1 aliphatic rings. The molecule has 0 bridgehead atoms. The summed E-state index contributed by atoms with van der Waals surface area (Å²) in [5, 5.41) is 12.0. The van der Waals surface area contributed by atoms with Crippen molar-refractivity contribution in [2.75, 3.05) is 28.7 Å². The first kappa shape index (κ1) is 20.2. The highest BCUT2D eigenvalue weighted by molar-refractivity contribution is 7.99. The van der Waals surface area contributed by atoms with Crippen molar-refractivity contribution in [1.82, 2.24) is 10.6 Å². The van der Waals surface area contributed by atoms with E-state index < -0.39 is 0 Å². The number of thioether (sulfide) groups is 1. The zero-order valence-corrected chi connectivity index (χ0v) is 16.7. The molecule has 1 aliphatic heterocycles. The SMILES string of the molecule is CC(NC(=O)CC1CSCCN1)c1ccc(NC(=O)Nc2ccccc2)cc1. The number of anilines is 2. The molecule has 28 heavy (non-hydrogen) atoms. The quantitative estimate of drug-likeness (QED) is 0.599. The fourth-order valence-corrected chi connectivity index (χ4v) is 3.98. The van der Waals surface area contributed by atoms with Crippen LogP contribution >= 0.6 is 11.8 Å². The van der Waals surface area contributed by atoms with E-state index in [4.69, 9.17) is 0 Å². The van der Waals surface area contributed by atoms with Crippen LogP contribution in [-0.2, 0) is 4.79 Å². The predicted molar refractivity (Wildman–Crippen MR) is 116 cm³/mol. The van der Waals surface area contributed by atoms with Crippen LogP contribution in [0.5, 0.6) is 0 Å². The van der Waals surface area contributed by atoms with E-state index in [1.807, 2.05) is 73.3 Å². The van der Waals surface area contributed by atoms with Crippen molar-refractivity contribution in [3.63, 3.8) is 0 Å². The van der Waals surface area contributed by atoms with Crippen LogP contribution in [0.3, 0.4) is 0 Å². The van der Waals surface area contributed by atoms with Crippen molar-refractivity contribution in [2.45, 2.75) is 25.4 Å². The van der Waals surface area contributed by atoms with E-state index in [1.54, 1.807) is 0 Å². The number of rotatable bonds is 6. The van der Waals surface area contributed by atoms with Gasteiger partial charge in [0.2, 0.25) is 5.91 Å². The first-order valence-electron chi connectivity index (χ1n) is 9.43. The summed E-state index contributed by atoms with van der Waals surface area (Å²) in [4.78, 5) is 24.3. The molecule has 6 nitrogen and oxygen atoms in total. The number of nitrogens with one attached hydrogen (secondary N) is 4. The highest BCUT2D eigenvalue weighted by Gasteiger charge is 2.18. The Bertz CT molecular complexity index is 777. The summed E-state index contributed by atoms with van der Waals surface area (Å²) in [6.07, 6.45) is 0.497. The third-order valence-corrected chi connectivity index (χ3v) is 5.64. The Labute approximate surface area is 169 Å². The Hall–Kier alpha value is -2.51. The van der Waals surface area contributed by atoms with Crippen molar-refractivity contribution in [2.24, 2.45) is 0 Å². The first-order valence-corrected chi connectivity index (χ1v) is 10.6. The second kappa shape index (κ2) is 10.1. The minimum atomic E-state index is -0.293. The number of hydrogen-bond acceptors (Lipinski definition) is 4. The summed E-state index contributed by atoms with van der Waals surface area (Å²) in [6.45, 7) is 2.93. The average molecular weight is 399 g/mol. The van der Waals surface area contributed by atoms with Gasteiger partial charge in [-0.25, -0.2) is 4.79 Å². The minimum absolute atomic E-state index is 0.0527. The van der Waals surface area contributed by atoms with Gasteiger partial charge >= 0.3 is 6.03 Å². The van der Waals surface area contributed by atoms with E-state index in [0.717, 1.165) is 29.3 Å². The van der Waals surface area contributed by atoms with Gasteiger partial charge in [0.25, 0.3) is 0 Å². The van der Waals surface area contributed by atoms with Crippen LogP contribution < -0.4 is 21.3 Å². The minimum Gasteiger partial charge on any atom is -0.350 e. The fraction of sp³-hybridized carbons (Fsp3) is 0.333. The van der Waals surface area contributed by atoms with Gasteiger partial charge in [-0.05, 0) is 36.8 Å². The van der Waals surface area contributed by atoms with E-state index >= 15 is 0 Å². The largest absolute Gasteiger partial charge is 0.350 e. The lowest BCUT2D eigenvalue weighted by molar-refractivity contribution is -0.122. The summed E-state index contributed by atoms with van der Waals surface area (Å²) >= 11 is 1.88. The van der Waals surface area contributed by atoms with Crippen LogP contribution in [0, 0.1) is 0 Å². The van der Waals surface area contributed by atoms with E-state index in [9.17, 15) is 9.59 Å². The molecule has 2 atom stereocenters. The maximum Gasteiger partial charge on any atom is 0.323 e. The summed E-state index contributed by atoms with van der Waals surface area (Å²) in [7, 11) is 0. The van der Waals surface area contributed by atoms with Crippen molar-refractivity contribution in [3.05, 3.63) is 60.2 Å². The van der Waals surface area contributed by atoms with Gasteiger partial charge in [-0.1, -0.05) is 30.3 Å². The van der Waals surface area contributed by atoms with Gasteiger partial charge in [-0.15, -0.1) is 0 Å². The molecule has 1 heterocycles.